The van der Waals surface area contributed by atoms with E-state index in [1.165, 1.54) is 5.56 Å². The van der Waals surface area contributed by atoms with Gasteiger partial charge in [-0.2, -0.15) is 0 Å². The summed E-state index contributed by atoms with van der Waals surface area (Å²) in [6, 6.07) is 8.17. The highest BCUT2D eigenvalue weighted by Crippen LogP contribution is 2.20. The lowest BCUT2D eigenvalue weighted by Crippen LogP contribution is -2.34. The number of rotatable bonds is 5. The molecule has 142 valence electrons. The van der Waals surface area contributed by atoms with Gasteiger partial charge in [-0.25, -0.2) is 0 Å². The fourth-order valence-corrected chi connectivity index (χ4v) is 3.46. The maximum Gasteiger partial charge on any atom is 0.228 e. The van der Waals surface area contributed by atoms with Crippen molar-refractivity contribution < 1.29 is 9.90 Å². The first-order valence-electron chi connectivity index (χ1n) is 8.68. The van der Waals surface area contributed by atoms with Gasteiger partial charge in [-0.15, -0.1) is 24.8 Å². The maximum atomic E-state index is 12.2. The third-order valence-corrected chi connectivity index (χ3v) is 5.00. The Morgan fingerprint density at radius 3 is 2.64 bits per heavy atom. The van der Waals surface area contributed by atoms with Crippen molar-refractivity contribution in [3.8, 4) is 0 Å². The molecule has 2 saturated heterocycles. The lowest BCUT2D eigenvalue weighted by atomic mass is 9.97. The Balaban J connectivity index is 0.00000156. The second kappa shape index (κ2) is 11.0. The average Bonchev–Trinajstić information content (AvgIpc) is 3.10. The number of benzene rings is 1. The molecule has 0 saturated carbocycles. The summed E-state index contributed by atoms with van der Waals surface area (Å²) in [5.74, 6) is 0.684. The number of hydrogen-bond donors (Lipinski definition) is 3. The van der Waals surface area contributed by atoms with Crippen LogP contribution in [0.25, 0.3) is 0 Å². The number of anilines is 1. The molecule has 5 nitrogen and oxygen atoms in total. The number of amides is 1. The molecule has 1 aromatic rings. The Morgan fingerprint density at radius 1 is 1.24 bits per heavy atom. The number of carbonyl (C=O) groups is 1. The van der Waals surface area contributed by atoms with Crippen molar-refractivity contribution in [3.05, 3.63) is 29.8 Å². The van der Waals surface area contributed by atoms with E-state index in [4.69, 9.17) is 0 Å². The first kappa shape index (κ1) is 22.2. The molecule has 0 radical (unpaired) electrons. The highest BCUT2D eigenvalue weighted by molar-refractivity contribution is 5.93. The van der Waals surface area contributed by atoms with E-state index in [0.29, 0.717) is 12.5 Å². The van der Waals surface area contributed by atoms with Crippen LogP contribution in [0, 0.1) is 11.8 Å². The number of nitrogens with one attached hydrogen (secondary N) is 2. The lowest BCUT2D eigenvalue weighted by molar-refractivity contribution is -0.119. The van der Waals surface area contributed by atoms with Gasteiger partial charge in [0, 0.05) is 25.4 Å². The van der Waals surface area contributed by atoms with Crippen LogP contribution in [0.4, 0.5) is 5.69 Å². The second-order valence-corrected chi connectivity index (χ2v) is 6.78. The fraction of sp³-hybridized carbons (Fsp3) is 0.611. The fourth-order valence-electron chi connectivity index (χ4n) is 3.46. The zero-order valence-electron chi connectivity index (χ0n) is 14.4. The number of piperidine rings is 1. The molecule has 0 aliphatic carbocycles. The monoisotopic (exact) mass is 389 g/mol. The van der Waals surface area contributed by atoms with E-state index in [1.807, 2.05) is 12.1 Å². The van der Waals surface area contributed by atoms with E-state index in [9.17, 15) is 9.90 Å². The smallest absolute Gasteiger partial charge is 0.228 e. The molecule has 2 aliphatic rings. The summed E-state index contributed by atoms with van der Waals surface area (Å²) in [6.45, 7) is 5.01. The van der Waals surface area contributed by atoms with E-state index in [-0.39, 0.29) is 36.6 Å². The molecule has 2 heterocycles. The highest BCUT2D eigenvalue weighted by atomic mass is 35.5. The largest absolute Gasteiger partial charge is 0.396 e. The van der Waals surface area contributed by atoms with Gasteiger partial charge in [-0.3, -0.25) is 9.69 Å². The molecule has 7 heteroatoms. The van der Waals surface area contributed by atoms with Crippen LogP contribution in [0.2, 0.25) is 0 Å². The molecule has 0 spiro atoms. The van der Waals surface area contributed by atoms with Crippen molar-refractivity contribution in [1.82, 2.24) is 10.2 Å². The van der Waals surface area contributed by atoms with Crippen LogP contribution in [0.15, 0.2) is 24.3 Å². The number of hydrogen-bond acceptors (Lipinski definition) is 4. The number of likely N-dealkylation sites (tertiary alicyclic amines) is 1. The summed E-state index contributed by atoms with van der Waals surface area (Å²) in [7, 11) is 0. The minimum atomic E-state index is 0. The molecule has 1 amide bonds. The van der Waals surface area contributed by atoms with Gasteiger partial charge in [0.2, 0.25) is 5.91 Å². The summed E-state index contributed by atoms with van der Waals surface area (Å²) < 4.78 is 0. The Kier molecular flexibility index (Phi) is 9.75. The average molecular weight is 390 g/mol. The molecular formula is C18H29Cl2N3O2. The topological polar surface area (TPSA) is 64.6 Å². The minimum Gasteiger partial charge on any atom is -0.396 e. The van der Waals surface area contributed by atoms with Gasteiger partial charge in [0.05, 0.1) is 5.92 Å². The van der Waals surface area contributed by atoms with Gasteiger partial charge in [0.1, 0.15) is 0 Å². The Morgan fingerprint density at radius 2 is 2.00 bits per heavy atom. The van der Waals surface area contributed by atoms with Crippen molar-refractivity contribution in [1.29, 1.82) is 0 Å². The molecule has 1 atom stereocenters. The van der Waals surface area contributed by atoms with E-state index in [1.54, 1.807) is 0 Å². The molecular weight excluding hydrogens is 361 g/mol. The zero-order chi connectivity index (χ0) is 16.1. The third kappa shape index (κ3) is 6.42. The molecule has 25 heavy (non-hydrogen) atoms. The van der Waals surface area contributed by atoms with Crippen molar-refractivity contribution in [3.63, 3.8) is 0 Å². The number of aliphatic hydroxyl groups is 1. The van der Waals surface area contributed by atoms with E-state index in [2.05, 4.69) is 27.7 Å². The molecule has 3 rings (SSSR count). The first-order chi connectivity index (χ1) is 11.2. The molecule has 3 N–H and O–H groups in total. The van der Waals surface area contributed by atoms with E-state index >= 15 is 0 Å². The predicted molar refractivity (Wildman–Crippen MR) is 106 cm³/mol. The quantitative estimate of drug-likeness (QED) is 0.722. The summed E-state index contributed by atoms with van der Waals surface area (Å²) >= 11 is 0. The molecule has 0 aromatic heterocycles. The van der Waals surface area contributed by atoms with Crippen LogP contribution in [0.5, 0.6) is 0 Å². The van der Waals surface area contributed by atoms with Crippen LogP contribution in [-0.4, -0.2) is 48.7 Å². The van der Waals surface area contributed by atoms with Crippen molar-refractivity contribution in [2.24, 2.45) is 11.8 Å². The third-order valence-electron chi connectivity index (χ3n) is 5.00. The number of halogens is 2. The number of nitrogens with zero attached hydrogens (tertiary/aromatic N) is 1. The zero-order valence-corrected chi connectivity index (χ0v) is 16.1. The molecule has 1 unspecified atom stereocenters. The minimum absolute atomic E-state index is 0. The summed E-state index contributed by atoms with van der Waals surface area (Å²) in [5, 5.41) is 15.5. The standard InChI is InChI=1S/C18H27N3O2.2ClH/c22-13-14-5-8-21(9-6-14)12-15-2-1-3-17(10-15)20-18(23)16-4-7-19-11-16;;/h1-3,10,14,16,19,22H,4-9,11-13H2,(H,20,23);2*1H. The normalized spacial score (nSPS) is 21.2. The van der Waals surface area contributed by atoms with Gasteiger partial charge in [-0.05, 0) is 62.5 Å². The SMILES string of the molecule is Cl.Cl.O=C(Nc1cccc(CN2CCC(CO)CC2)c1)C1CCNC1. The van der Waals surface area contributed by atoms with Crippen molar-refractivity contribution in [2.75, 3.05) is 38.1 Å². The predicted octanol–water partition coefficient (Wildman–Crippen LogP) is 2.28. The van der Waals surface area contributed by atoms with Gasteiger partial charge in [0.25, 0.3) is 0 Å². The Bertz CT molecular complexity index is 531. The summed E-state index contributed by atoms with van der Waals surface area (Å²) in [5.41, 5.74) is 2.12. The van der Waals surface area contributed by atoms with Crippen LogP contribution >= 0.6 is 24.8 Å². The van der Waals surface area contributed by atoms with E-state index in [0.717, 1.165) is 57.7 Å². The second-order valence-electron chi connectivity index (χ2n) is 6.78. The summed E-state index contributed by atoms with van der Waals surface area (Å²) in [4.78, 5) is 14.6. The molecule has 2 fully saturated rings. The van der Waals surface area contributed by atoms with Gasteiger partial charge >= 0.3 is 0 Å². The van der Waals surface area contributed by atoms with Crippen molar-refractivity contribution >= 4 is 36.4 Å². The molecule has 1 aromatic carbocycles. The van der Waals surface area contributed by atoms with Crippen LogP contribution in [-0.2, 0) is 11.3 Å². The Hall–Kier alpha value is -0.850. The van der Waals surface area contributed by atoms with Gasteiger partial charge < -0.3 is 15.7 Å². The number of carbonyl (C=O) groups excluding carboxylic acids is 1. The van der Waals surface area contributed by atoms with Crippen LogP contribution in [0.1, 0.15) is 24.8 Å². The Labute approximate surface area is 162 Å². The highest BCUT2D eigenvalue weighted by Gasteiger charge is 2.22. The molecule has 0 bridgehead atoms. The van der Waals surface area contributed by atoms with Crippen LogP contribution in [0.3, 0.4) is 0 Å². The molecule has 2 aliphatic heterocycles. The van der Waals surface area contributed by atoms with Crippen LogP contribution < -0.4 is 10.6 Å². The van der Waals surface area contributed by atoms with Gasteiger partial charge in [-0.1, -0.05) is 12.1 Å². The van der Waals surface area contributed by atoms with E-state index < -0.39 is 0 Å². The van der Waals surface area contributed by atoms with Gasteiger partial charge in [0.15, 0.2) is 0 Å². The summed E-state index contributed by atoms with van der Waals surface area (Å²) in [6.07, 6.45) is 3.06. The maximum absolute atomic E-state index is 12.2. The van der Waals surface area contributed by atoms with Crippen molar-refractivity contribution in [2.45, 2.75) is 25.8 Å². The number of aliphatic hydroxyl groups excluding tert-OH is 1. The lowest BCUT2D eigenvalue weighted by Gasteiger charge is -2.31. The first-order valence-corrected chi connectivity index (χ1v) is 8.68.